The molecule has 2 amide bonds. The van der Waals surface area contributed by atoms with E-state index in [9.17, 15) is 4.79 Å². The van der Waals surface area contributed by atoms with Crippen molar-refractivity contribution in [2.24, 2.45) is 0 Å². The second-order valence-electron chi connectivity index (χ2n) is 3.89. The predicted octanol–water partition coefficient (Wildman–Crippen LogP) is 2.81. The van der Waals surface area contributed by atoms with Crippen LogP contribution in [0.25, 0.3) is 0 Å². The lowest BCUT2D eigenvalue weighted by Gasteiger charge is -2.28. The second-order valence-corrected chi connectivity index (χ2v) is 4.78. The standard InChI is InChI=1S/C12H11N3OS/c1-8-4-6-17-11(8)15-10-9(3-2-5-13-10)7-14-12(15)16/h2-6H,7H2,1H3,(H,14,16). The van der Waals surface area contributed by atoms with Crippen molar-refractivity contribution in [1.29, 1.82) is 0 Å². The van der Waals surface area contributed by atoms with E-state index in [1.54, 1.807) is 22.4 Å². The molecule has 4 nitrogen and oxygen atoms in total. The fourth-order valence-electron chi connectivity index (χ4n) is 1.90. The van der Waals surface area contributed by atoms with Crippen LogP contribution in [0, 0.1) is 6.92 Å². The lowest BCUT2D eigenvalue weighted by Crippen LogP contribution is -2.41. The number of amides is 2. The van der Waals surface area contributed by atoms with Crippen LogP contribution in [0.2, 0.25) is 0 Å². The van der Waals surface area contributed by atoms with Gasteiger partial charge >= 0.3 is 6.03 Å². The molecule has 0 saturated heterocycles. The molecule has 0 aromatic carbocycles. The Morgan fingerprint density at radius 3 is 3.12 bits per heavy atom. The Hall–Kier alpha value is -1.88. The van der Waals surface area contributed by atoms with Crippen molar-refractivity contribution in [3.05, 3.63) is 40.9 Å². The highest BCUT2D eigenvalue weighted by atomic mass is 32.1. The van der Waals surface area contributed by atoms with Crippen molar-refractivity contribution in [3.63, 3.8) is 0 Å². The molecule has 1 N–H and O–H groups in total. The van der Waals surface area contributed by atoms with Gasteiger partial charge in [0, 0.05) is 18.3 Å². The maximum absolute atomic E-state index is 12.0. The summed E-state index contributed by atoms with van der Waals surface area (Å²) >= 11 is 1.55. The molecule has 0 fully saturated rings. The van der Waals surface area contributed by atoms with Crippen molar-refractivity contribution >= 4 is 28.2 Å². The minimum absolute atomic E-state index is 0.109. The Morgan fingerprint density at radius 1 is 1.47 bits per heavy atom. The number of anilines is 2. The smallest absolute Gasteiger partial charge is 0.328 e. The average Bonchev–Trinajstić information content (AvgIpc) is 2.75. The number of rotatable bonds is 1. The zero-order valence-corrected chi connectivity index (χ0v) is 10.1. The van der Waals surface area contributed by atoms with Crippen molar-refractivity contribution in [3.8, 4) is 0 Å². The third kappa shape index (κ3) is 1.59. The summed E-state index contributed by atoms with van der Waals surface area (Å²) in [5, 5.41) is 5.77. The fourth-order valence-corrected chi connectivity index (χ4v) is 2.83. The molecule has 0 unspecified atom stereocenters. The minimum atomic E-state index is -0.109. The Labute approximate surface area is 103 Å². The molecule has 3 rings (SSSR count). The van der Waals surface area contributed by atoms with E-state index in [1.807, 2.05) is 30.5 Å². The van der Waals surface area contributed by atoms with Gasteiger partial charge in [-0.2, -0.15) is 0 Å². The van der Waals surface area contributed by atoms with Gasteiger partial charge in [0.25, 0.3) is 0 Å². The van der Waals surface area contributed by atoms with Gasteiger partial charge in [0.1, 0.15) is 10.8 Å². The molecule has 0 bridgehead atoms. The van der Waals surface area contributed by atoms with Crippen LogP contribution in [-0.4, -0.2) is 11.0 Å². The summed E-state index contributed by atoms with van der Waals surface area (Å²) in [5.74, 6) is 0.738. The summed E-state index contributed by atoms with van der Waals surface area (Å²) in [5.41, 5.74) is 2.13. The van der Waals surface area contributed by atoms with Gasteiger partial charge in [0.05, 0.1) is 0 Å². The maximum Gasteiger partial charge on any atom is 0.328 e. The fraction of sp³-hybridized carbons (Fsp3) is 0.167. The van der Waals surface area contributed by atoms with E-state index >= 15 is 0 Å². The molecule has 17 heavy (non-hydrogen) atoms. The van der Waals surface area contributed by atoms with E-state index < -0.39 is 0 Å². The average molecular weight is 245 g/mol. The van der Waals surface area contributed by atoms with Crippen LogP contribution in [0.4, 0.5) is 15.6 Å². The van der Waals surface area contributed by atoms with Crippen LogP contribution in [0.1, 0.15) is 11.1 Å². The number of carbonyl (C=O) groups is 1. The zero-order valence-electron chi connectivity index (χ0n) is 9.30. The molecule has 2 aromatic rings. The van der Waals surface area contributed by atoms with Crippen LogP contribution in [0.5, 0.6) is 0 Å². The van der Waals surface area contributed by atoms with Gasteiger partial charge in [-0.1, -0.05) is 6.07 Å². The highest BCUT2D eigenvalue weighted by molar-refractivity contribution is 7.14. The first kappa shape index (κ1) is 10.3. The van der Waals surface area contributed by atoms with Crippen LogP contribution in [-0.2, 0) is 6.54 Å². The minimum Gasteiger partial charge on any atom is -0.333 e. The monoisotopic (exact) mass is 245 g/mol. The number of nitrogens with zero attached hydrogens (tertiary/aromatic N) is 2. The number of aromatic nitrogens is 1. The molecule has 3 heterocycles. The number of nitrogens with one attached hydrogen (secondary N) is 1. The quantitative estimate of drug-likeness (QED) is 0.839. The van der Waals surface area contributed by atoms with Crippen LogP contribution in [0.3, 0.4) is 0 Å². The lowest BCUT2D eigenvalue weighted by atomic mass is 10.2. The van der Waals surface area contributed by atoms with E-state index in [1.165, 1.54) is 0 Å². The number of hydrogen-bond donors (Lipinski definition) is 1. The first-order valence-electron chi connectivity index (χ1n) is 5.33. The third-order valence-electron chi connectivity index (χ3n) is 2.75. The third-order valence-corrected chi connectivity index (χ3v) is 3.75. The van der Waals surface area contributed by atoms with Gasteiger partial charge in [0.2, 0.25) is 0 Å². The number of thiophene rings is 1. The normalized spacial score (nSPS) is 14.4. The topological polar surface area (TPSA) is 45.2 Å². The molecular formula is C12H11N3OS. The summed E-state index contributed by atoms with van der Waals surface area (Å²) < 4.78 is 0. The highest BCUT2D eigenvalue weighted by Gasteiger charge is 2.27. The van der Waals surface area contributed by atoms with E-state index in [4.69, 9.17) is 0 Å². The van der Waals surface area contributed by atoms with Crippen LogP contribution >= 0.6 is 11.3 Å². The number of fused-ring (bicyclic) bond motifs is 1. The van der Waals surface area contributed by atoms with Crippen LogP contribution < -0.4 is 10.2 Å². The number of aryl methyl sites for hydroxylation is 1. The van der Waals surface area contributed by atoms with E-state index in [2.05, 4.69) is 10.3 Å². The zero-order chi connectivity index (χ0) is 11.8. The Balaban J connectivity index is 2.16. The first-order valence-corrected chi connectivity index (χ1v) is 6.21. The molecule has 0 aliphatic carbocycles. The second kappa shape index (κ2) is 3.85. The summed E-state index contributed by atoms with van der Waals surface area (Å²) in [4.78, 5) is 18.0. The van der Waals surface area contributed by atoms with Gasteiger partial charge in [-0.25, -0.2) is 14.7 Å². The van der Waals surface area contributed by atoms with Gasteiger partial charge in [0.15, 0.2) is 0 Å². The van der Waals surface area contributed by atoms with E-state index in [0.717, 1.165) is 21.9 Å². The summed E-state index contributed by atoms with van der Waals surface area (Å²) in [6.45, 7) is 2.54. The summed E-state index contributed by atoms with van der Waals surface area (Å²) in [7, 11) is 0. The summed E-state index contributed by atoms with van der Waals surface area (Å²) in [6.07, 6.45) is 1.72. The number of pyridine rings is 1. The largest absolute Gasteiger partial charge is 0.333 e. The molecule has 5 heteroatoms. The van der Waals surface area contributed by atoms with Crippen molar-refractivity contribution < 1.29 is 4.79 Å². The molecule has 0 saturated carbocycles. The van der Waals surface area contributed by atoms with Crippen LogP contribution in [0.15, 0.2) is 29.8 Å². The Bertz CT molecular complexity index is 579. The lowest BCUT2D eigenvalue weighted by molar-refractivity contribution is 0.247. The highest BCUT2D eigenvalue weighted by Crippen LogP contribution is 2.35. The van der Waals surface area contributed by atoms with Crippen molar-refractivity contribution in [2.75, 3.05) is 4.90 Å². The first-order chi connectivity index (χ1) is 8.27. The molecular weight excluding hydrogens is 234 g/mol. The van der Waals surface area contributed by atoms with E-state index in [0.29, 0.717) is 6.54 Å². The Kier molecular flexibility index (Phi) is 2.33. The van der Waals surface area contributed by atoms with Gasteiger partial charge in [-0.3, -0.25) is 0 Å². The number of hydrogen-bond acceptors (Lipinski definition) is 3. The van der Waals surface area contributed by atoms with Gasteiger partial charge in [-0.15, -0.1) is 11.3 Å². The molecule has 1 aliphatic rings. The van der Waals surface area contributed by atoms with Crippen molar-refractivity contribution in [2.45, 2.75) is 13.5 Å². The molecule has 1 aliphatic heterocycles. The number of carbonyl (C=O) groups excluding carboxylic acids is 1. The maximum atomic E-state index is 12.0. The SMILES string of the molecule is Cc1ccsc1N1C(=O)NCc2cccnc21. The van der Waals surface area contributed by atoms with Crippen molar-refractivity contribution in [1.82, 2.24) is 10.3 Å². The molecule has 86 valence electrons. The van der Waals surface area contributed by atoms with Gasteiger partial charge in [-0.05, 0) is 30.0 Å². The molecule has 0 spiro atoms. The molecule has 0 atom stereocenters. The van der Waals surface area contributed by atoms with E-state index in [-0.39, 0.29) is 6.03 Å². The predicted molar refractivity (Wildman–Crippen MR) is 67.7 cm³/mol. The molecule has 2 aromatic heterocycles. The molecule has 0 radical (unpaired) electrons. The summed E-state index contributed by atoms with van der Waals surface area (Å²) in [6, 6.07) is 5.76. The van der Waals surface area contributed by atoms with Gasteiger partial charge < -0.3 is 5.32 Å². The number of urea groups is 1. The Morgan fingerprint density at radius 2 is 2.35 bits per heavy atom.